The minimum atomic E-state index is -0.743. The van der Waals surface area contributed by atoms with Crippen LogP contribution in [-0.2, 0) is 14.3 Å². The molecule has 2 atom stereocenters. The van der Waals surface area contributed by atoms with Crippen LogP contribution in [0.2, 0.25) is 0 Å². The van der Waals surface area contributed by atoms with Crippen LogP contribution in [0.5, 0.6) is 0 Å². The van der Waals surface area contributed by atoms with Gasteiger partial charge in [-0.15, -0.1) is 0 Å². The Morgan fingerprint density at radius 3 is 2.74 bits per heavy atom. The molecule has 0 aliphatic carbocycles. The van der Waals surface area contributed by atoms with Crippen molar-refractivity contribution in [2.75, 3.05) is 26.9 Å². The van der Waals surface area contributed by atoms with Crippen LogP contribution >= 0.6 is 0 Å². The van der Waals surface area contributed by atoms with E-state index < -0.39 is 12.1 Å². The number of ether oxygens (including phenoxy) is 2. The zero-order chi connectivity index (χ0) is 16.7. The van der Waals surface area contributed by atoms with E-state index in [1.165, 1.54) is 0 Å². The third kappa shape index (κ3) is 4.45. The minimum absolute atomic E-state index is 0.0581. The topological polar surface area (TPSA) is 67.9 Å². The summed E-state index contributed by atoms with van der Waals surface area (Å²) in [5.74, 6) is -0.121. The minimum Gasteiger partial charge on any atom is -0.450 e. The van der Waals surface area contributed by atoms with Crippen LogP contribution in [0.1, 0.15) is 31.4 Å². The van der Waals surface area contributed by atoms with Crippen molar-refractivity contribution in [3.8, 4) is 0 Å². The summed E-state index contributed by atoms with van der Waals surface area (Å²) in [5, 5.41) is 2.68. The zero-order valence-electron chi connectivity index (χ0n) is 13.7. The summed E-state index contributed by atoms with van der Waals surface area (Å²) in [7, 11) is 1.63. The van der Waals surface area contributed by atoms with Gasteiger partial charge in [0.05, 0.1) is 19.3 Å². The molecule has 1 fully saturated rings. The average Bonchev–Trinajstić information content (AvgIpc) is 3.02. The van der Waals surface area contributed by atoms with Gasteiger partial charge in [0.25, 0.3) is 0 Å². The number of carbonyl (C=O) groups excluding carboxylic acids is 2. The predicted molar refractivity (Wildman–Crippen MR) is 86.0 cm³/mol. The lowest BCUT2D eigenvalue weighted by Crippen LogP contribution is -2.46. The lowest BCUT2D eigenvalue weighted by molar-refractivity contribution is -0.135. The highest BCUT2D eigenvalue weighted by Crippen LogP contribution is 2.24. The monoisotopic (exact) mass is 320 g/mol. The fourth-order valence-electron chi connectivity index (χ4n) is 2.88. The number of nitrogens with one attached hydrogen (secondary N) is 1. The number of benzene rings is 1. The molecule has 0 bridgehead atoms. The van der Waals surface area contributed by atoms with E-state index in [9.17, 15) is 9.59 Å². The van der Waals surface area contributed by atoms with E-state index in [1.54, 1.807) is 18.9 Å². The molecule has 0 radical (unpaired) electrons. The number of hydrogen-bond acceptors (Lipinski definition) is 4. The summed E-state index contributed by atoms with van der Waals surface area (Å²) >= 11 is 0. The molecule has 1 heterocycles. The maximum atomic E-state index is 13.0. The third-order valence-corrected chi connectivity index (χ3v) is 3.94. The average molecular weight is 320 g/mol. The van der Waals surface area contributed by atoms with Crippen LogP contribution in [0, 0.1) is 0 Å². The van der Waals surface area contributed by atoms with Crippen molar-refractivity contribution in [1.82, 2.24) is 10.2 Å². The van der Waals surface area contributed by atoms with Crippen LogP contribution in [0.4, 0.5) is 4.79 Å². The second kappa shape index (κ2) is 8.53. The van der Waals surface area contributed by atoms with Crippen molar-refractivity contribution < 1.29 is 19.1 Å². The Bertz CT molecular complexity index is 521. The van der Waals surface area contributed by atoms with Gasteiger partial charge in [0.2, 0.25) is 5.91 Å². The summed E-state index contributed by atoms with van der Waals surface area (Å²) in [6.45, 7) is 3.18. The van der Waals surface area contributed by atoms with Crippen LogP contribution in [0.25, 0.3) is 0 Å². The van der Waals surface area contributed by atoms with Crippen molar-refractivity contribution in [3.05, 3.63) is 35.9 Å². The van der Waals surface area contributed by atoms with E-state index in [-0.39, 0.29) is 18.6 Å². The first-order chi connectivity index (χ1) is 11.2. The van der Waals surface area contributed by atoms with Crippen molar-refractivity contribution in [1.29, 1.82) is 0 Å². The standard InChI is InChI=1S/C17H24N2O4/c1-3-23-17(21)18-15(13-8-5-4-6-9-13)16(20)19-11-7-10-14(19)12-22-2/h4-6,8-9,14-15H,3,7,10-12H2,1-2H3,(H,18,21). The Morgan fingerprint density at radius 2 is 2.09 bits per heavy atom. The fraction of sp³-hybridized carbons (Fsp3) is 0.529. The smallest absolute Gasteiger partial charge is 0.408 e. The fourth-order valence-corrected chi connectivity index (χ4v) is 2.88. The molecule has 1 saturated heterocycles. The number of likely N-dealkylation sites (tertiary alicyclic amines) is 1. The number of alkyl carbamates (subject to hydrolysis) is 1. The molecule has 2 unspecified atom stereocenters. The molecule has 1 aromatic rings. The number of nitrogens with zero attached hydrogens (tertiary/aromatic N) is 1. The van der Waals surface area contributed by atoms with E-state index in [2.05, 4.69) is 5.32 Å². The molecule has 6 heteroatoms. The van der Waals surface area contributed by atoms with Gasteiger partial charge in [0, 0.05) is 13.7 Å². The highest BCUT2D eigenvalue weighted by molar-refractivity contribution is 5.87. The Hall–Kier alpha value is -2.08. The molecule has 126 valence electrons. The first-order valence-electron chi connectivity index (χ1n) is 7.95. The van der Waals surface area contributed by atoms with Crippen molar-refractivity contribution in [2.24, 2.45) is 0 Å². The molecule has 0 aromatic heterocycles. The number of rotatable bonds is 6. The summed E-state index contributed by atoms with van der Waals surface area (Å²) in [5.41, 5.74) is 0.744. The van der Waals surface area contributed by atoms with Gasteiger partial charge >= 0.3 is 6.09 Å². The molecule has 6 nitrogen and oxygen atoms in total. The van der Waals surface area contributed by atoms with Gasteiger partial charge in [-0.05, 0) is 25.3 Å². The predicted octanol–water partition coefficient (Wildman–Crippen LogP) is 2.11. The molecule has 2 rings (SSSR count). The number of amides is 2. The van der Waals surface area contributed by atoms with Gasteiger partial charge < -0.3 is 19.7 Å². The Labute approximate surface area is 136 Å². The summed E-state index contributed by atoms with van der Waals surface area (Å²) in [4.78, 5) is 26.6. The number of methoxy groups -OCH3 is 1. The van der Waals surface area contributed by atoms with Crippen LogP contribution in [-0.4, -0.2) is 49.8 Å². The molecule has 1 aromatic carbocycles. The molecular formula is C17H24N2O4. The van der Waals surface area contributed by atoms with Crippen LogP contribution in [0.15, 0.2) is 30.3 Å². The Morgan fingerprint density at radius 1 is 1.35 bits per heavy atom. The highest BCUT2D eigenvalue weighted by atomic mass is 16.5. The molecule has 1 N–H and O–H groups in total. The number of hydrogen-bond donors (Lipinski definition) is 1. The molecular weight excluding hydrogens is 296 g/mol. The Balaban J connectivity index is 2.18. The number of carbonyl (C=O) groups is 2. The van der Waals surface area contributed by atoms with E-state index in [4.69, 9.17) is 9.47 Å². The molecule has 0 saturated carbocycles. The summed E-state index contributed by atoms with van der Waals surface area (Å²) in [6, 6.07) is 8.54. The largest absolute Gasteiger partial charge is 0.450 e. The van der Waals surface area contributed by atoms with Crippen molar-refractivity contribution in [2.45, 2.75) is 31.8 Å². The van der Waals surface area contributed by atoms with E-state index in [0.29, 0.717) is 13.2 Å². The van der Waals surface area contributed by atoms with Gasteiger partial charge in [-0.1, -0.05) is 30.3 Å². The maximum absolute atomic E-state index is 13.0. The molecule has 23 heavy (non-hydrogen) atoms. The highest BCUT2D eigenvalue weighted by Gasteiger charge is 2.34. The maximum Gasteiger partial charge on any atom is 0.408 e. The van der Waals surface area contributed by atoms with Gasteiger partial charge in [-0.3, -0.25) is 4.79 Å². The molecule has 1 aliphatic rings. The first kappa shape index (κ1) is 17.3. The second-order valence-corrected chi connectivity index (χ2v) is 5.49. The van der Waals surface area contributed by atoms with Gasteiger partial charge in [0.15, 0.2) is 0 Å². The quantitative estimate of drug-likeness (QED) is 0.872. The second-order valence-electron chi connectivity index (χ2n) is 5.49. The third-order valence-electron chi connectivity index (χ3n) is 3.94. The lowest BCUT2D eigenvalue weighted by atomic mass is 10.1. The van der Waals surface area contributed by atoms with E-state index in [1.807, 2.05) is 30.3 Å². The van der Waals surface area contributed by atoms with Crippen LogP contribution < -0.4 is 5.32 Å². The normalized spacial score (nSPS) is 18.5. The van der Waals surface area contributed by atoms with Crippen LogP contribution in [0.3, 0.4) is 0 Å². The Kier molecular flexibility index (Phi) is 6.40. The molecule has 1 aliphatic heterocycles. The summed E-state index contributed by atoms with van der Waals surface area (Å²) < 4.78 is 10.1. The summed E-state index contributed by atoms with van der Waals surface area (Å²) in [6.07, 6.45) is 1.28. The van der Waals surface area contributed by atoms with Crippen molar-refractivity contribution >= 4 is 12.0 Å². The molecule has 2 amide bonds. The van der Waals surface area contributed by atoms with E-state index in [0.717, 1.165) is 18.4 Å². The zero-order valence-corrected chi connectivity index (χ0v) is 13.7. The first-order valence-corrected chi connectivity index (χ1v) is 7.95. The molecule has 0 spiro atoms. The van der Waals surface area contributed by atoms with Crippen molar-refractivity contribution in [3.63, 3.8) is 0 Å². The SMILES string of the molecule is CCOC(=O)NC(C(=O)N1CCCC1COC)c1ccccc1. The van der Waals surface area contributed by atoms with E-state index >= 15 is 0 Å². The van der Waals surface area contributed by atoms with Gasteiger partial charge in [0.1, 0.15) is 6.04 Å². The van der Waals surface area contributed by atoms with Gasteiger partial charge in [-0.2, -0.15) is 0 Å². The van der Waals surface area contributed by atoms with Gasteiger partial charge in [-0.25, -0.2) is 4.79 Å². The lowest BCUT2D eigenvalue weighted by Gasteiger charge is -2.29.